The minimum Gasteiger partial charge on any atom is -0.497 e. The van der Waals surface area contributed by atoms with E-state index in [9.17, 15) is 4.79 Å². The molecule has 6 nitrogen and oxygen atoms in total. The number of methoxy groups -OCH3 is 1. The largest absolute Gasteiger partial charge is 0.497 e. The monoisotopic (exact) mass is 368 g/mol. The first-order chi connectivity index (χ1) is 13.2. The molecule has 2 aromatic carbocycles. The molecule has 0 aliphatic carbocycles. The Morgan fingerprint density at radius 2 is 1.78 bits per heavy atom. The van der Waals surface area contributed by atoms with Gasteiger partial charge in [-0.05, 0) is 31.2 Å². The fourth-order valence-corrected chi connectivity index (χ4v) is 3.35. The highest BCUT2D eigenvalue weighted by molar-refractivity contribution is 5.96. The number of amides is 1. The summed E-state index contributed by atoms with van der Waals surface area (Å²) >= 11 is 0. The van der Waals surface area contributed by atoms with E-state index in [1.807, 2.05) is 25.1 Å². The summed E-state index contributed by atoms with van der Waals surface area (Å²) in [7, 11) is 1.60. The maximum atomic E-state index is 12.4. The molecule has 0 saturated carbocycles. The van der Waals surface area contributed by atoms with Gasteiger partial charge < -0.3 is 14.4 Å². The van der Waals surface area contributed by atoms with Gasteiger partial charge in [-0.1, -0.05) is 30.3 Å². The van der Waals surface area contributed by atoms with E-state index in [4.69, 9.17) is 9.47 Å². The number of nitrogens with one attached hydrogen (secondary N) is 2. The molecule has 1 fully saturated rings. The fourth-order valence-electron chi connectivity index (χ4n) is 3.35. The van der Waals surface area contributed by atoms with Gasteiger partial charge in [0.05, 0.1) is 26.0 Å². The molecule has 0 unspecified atom stereocenters. The topological polar surface area (TPSA) is 64.4 Å². The molecule has 0 bridgehead atoms. The summed E-state index contributed by atoms with van der Waals surface area (Å²) in [5.41, 5.74) is 5.30. The number of morpholine rings is 1. The Kier molecular flexibility index (Phi) is 6.57. The molecule has 0 spiro atoms. The zero-order chi connectivity index (χ0) is 19.1. The average molecular weight is 368 g/mol. The van der Waals surface area contributed by atoms with Crippen molar-refractivity contribution in [3.63, 3.8) is 0 Å². The Bertz CT molecular complexity index is 769. The zero-order valence-corrected chi connectivity index (χ0v) is 15.8. The Balaban J connectivity index is 1.75. The number of rotatable bonds is 6. The number of quaternary nitrogens is 1. The first-order valence-electron chi connectivity index (χ1n) is 9.15. The zero-order valence-electron chi connectivity index (χ0n) is 15.8. The van der Waals surface area contributed by atoms with Crippen molar-refractivity contribution < 1.29 is 19.2 Å². The highest BCUT2D eigenvalue weighted by Gasteiger charge is 2.29. The molecule has 2 N–H and O–H groups in total. The van der Waals surface area contributed by atoms with Crippen molar-refractivity contribution in [2.45, 2.75) is 13.0 Å². The summed E-state index contributed by atoms with van der Waals surface area (Å²) in [6.45, 7) is 5.28. The fraction of sp³-hybridized carbons (Fsp3) is 0.333. The molecule has 1 saturated heterocycles. The quantitative estimate of drug-likeness (QED) is 0.599. The minimum atomic E-state index is -0.235. The predicted molar refractivity (Wildman–Crippen MR) is 104 cm³/mol. The Hall–Kier alpha value is -2.70. The third-order valence-electron chi connectivity index (χ3n) is 4.78. The van der Waals surface area contributed by atoms with Gasteiger partial charge in [0.25, 0.3) is 5.91 Å². The Morgan fingerprint density at radius 1 is 1.11 bits per heavy atom. The SMILES string of the molecule is COc1ccc(C(=O)N/N=C(/C)[C@@H](c2ccccc2)[NH+]2CCOCC2)cc1. The van der Waals surface area contributed by atoms with Crippen molar-refractivity contribution in [1.29, 1.82) is 0 Å². The number of carbonyl (C=O) groups is 1. The highest BCUT2D eigenvalue weighted by Crippen LogP contribution is 2.13. The van der Waals surface area contributed by atoms with Gasteiger partial charge in [-0.25, -0.2) is 5.43 Å². The van der Waals surface area contributed by atoms with Gasteiger partial charge in [0, 0.05) is 11.1 Å². The highest BCUT2D eigenvalue weighted by atomic mass is 16.5. The van der Waals surface area contributed by atoms with E-state index in [0.29, 0.717) is 11.3 Å². The predicted octanol–water partition coefficient (Wildman–Crippen LogP) is 1.46. The molecular weight excluding hydrogens is 342 g/mol. The van der Waals surface area contributed by atoms with Crippen LogP contribution < -0.4 is 15.1 Å². The molecule has 6 heteroatoms. The van der Waals surface area contributed by atoms with Crippen LogP contribution in [-0.4, -0.2) is 45.0 Å². The first-order valence-corrected chi connectivity index (χ1v) is 9.15. The molecule has 3 rings (SSSR count). The second kappa shape index (κ2) is 9.30. The standard InChI is InChI=1S/C21H25N3O3/c1-16(22-23-21(25)18-8-10-19(26-2)11-9-18)20(17-6-4-3-5-7-17)24-12-14-27-15-13-24/h3-11,20H,12-15H2,1-2H3,(H,23,25)/p+1/b22-16-/t20-/m0/s1. The molecule has 1 amide bonds. The van der Waals surface area contributed by atoms with Crippen molar-refractivity contribution in [3.05, 3.63) is 65.7 Å². The molecule has 0 aromatic heterocycles. The van der Waals surface area contributed by atoms with Crippen LogP contribution in [0.4, 0.5) is 0 Å². The van der Waals surface area contributed by atoms with Crippen LogP contribution in [-0.2, 0) is 4.74 Å². The van der Waals surface area contributed by atoms with E-state index in [1.54, 1.807) is 31.4 Å². The van der Waals surface area contributed by atoms with E-state index in [-0.39, 0.29) is 11.9 Å². The molecule has 27 heavy (non-hydrogen) atoms. The number of hydrogen-bond donors (Lipinski definition) is 2. The van der Waals surface area contributed by atoms with E-state index in [2.05, 4.69) is 22.7 Å². The maximum absolute atomic E-state index is 12.4. The molecule has 2 aromatic rings. The maximum Gasteiger partial charge on any atom is 0.271 e. The van der Waals surface area contributed by atoms with E-state index in [1.165, 1.54) is 10.5 Å². The third-order valence-corrected chi connectivity index (χ3v) is 4.78. The van der Waals surface area contributed by atoms with Gasteiger partial charge in [0.15, 0.2) is 6.04 Å². The molecule has 1 aliphatic rings. The van der Waals surface area contributed by atoms with Crippen LogP contribution in [0.1, 0.15) is 28.9 Å². The summed E-state index contributed by atoms with van der Waals surface area (Å²) in [6.07, 6.45) is 0. The number of hydrazone groups is 1. The summed E-state index contributed by atoms with van der Waals surface area (Å²) in [5, 5.41) is 4.42. The summed E-state index contributed by atoms with van der Waals surface area (Å²) < 4.78 is 10.6. The van der Waals surface area contributed by atoms with Gasteiger partial charge in [0.2, 0.25) is 0 Å². The number of carbonyl (C=O) groups excluding carboxylic acids is 1. The van der Waals surface area contributed by atoms with Crippen LogP contribution in [0.2, 0.25) is 0 Å². The van der Waals surface area contributed by atoms with Crippen LogP contribution >= 0.6 is 0 Å². The van der Waals surface area contributed by atoms with Crippen molar-refractivity contribution in [1.82, 2.24) is 5.43 Å². The molecule has 142 valence electrons. The van der Waals surface area contributed by atoms with Crippen LogP contribution in [0, 0.1) is 0 Å². The lowest BCUT2D eigenvalue weighted by Gasteiger charge is -2.31. The van der Waals surface area contributed by atoms with Gasteiger partial charge in [-0.15, -0.1) is 0 Å². The van der Waals surface area contributed by atoms with Crippen molar-refractivity contribution in [2.75, 3.05) is 33.4 Å². The number of hydrogen-bond acceptors (Lipinski definition) is 4. The first kappa shape index (κ1) is 19.1. The van der Waals surface area contributed by atoms with Crippen molar-refractivity contribution in [2.24, 2.45) is 5.10 Å². The summed E-state index contributed by atoms with van der Waals surface area (Å²) in [4.78, 5) is 13.8. The number of ether oxygens (including phenoxy) is 2. The lowest BCUT2D eigenvalue weighted by Crippen LogP contribution is -3.15. The third kappa shape index (κ3) is 4.93. The normalized spacial score (nSPS) is 16.6. The van der Waals surface area contributed by atoms with Crippen LogP contribution in [0.5, 0.6) is 5.75 Å². The van der Waals surface area contributed by atoms with Crippen LogP contribution in [0.25, 0.3) is 0 Å². The second-order valence-corrected chi connectivity index (χ2v) is 6.54. The molecule has 0 radical (unpaired) electrons. The Morgan fingerprint density at radius 3 is 2.41 bits per heavy atom. The van der Waals surface area contributed by atoms with Gasteiger partial charge >= 0.3 is 0 Å². The number of nitrogens with zero attached hydrogens (tertiary/aromatic N) is 1. The van der Waals surface area contributed by atoms with Crippen LogP contribution in [0.15, 0.2) is 59.7 Å². The lowest BCUT2D eigenvalue weighted by atomic mass is 10.0. The van der Waals surface area contributed by atoms with Gasteiger partial charge in [-0.2, -0.15) is 5.10 Å². The second-order valence-electron chi connectivity index (χ2n) is 6.54. The molecule has 1 heterocycles. The van der Waals surface area contributed by atoms with Crippen molar-refractivity contribution >= 4 is 11.6 Å². The Labute approximate surface area is 159 Å². The van der Waals surface area contributed by atoms with Crippen molar-refractivity contribution in [3.8, 4) is 5.75 Å². The minimum absolute atomic E-state index is 0.0891. The van der Waals surface area contributed by atoms with E-state index < -0.39 is 0 Å². The molecule has 1 atom stereocenters. The summed E-state index contributed by atoms with van der Waals surface area (Å²) in [6, 6.07) is 17.3. The van der Waals surface area contributed by atoms with E-state index in [0.717, 1.165) is 32.0 Å². The molecular formula is C21H26N3O3+. The number of benzene rings is 2. The lowest BCUT2D eigenvalue weighted by molar-refractivity contribution is -0.928. The van der Waals surface area contributed by atoms with Gasteiger partial charge in [-0.3, -0.25) is 4.79 Å². The average Bonchev–Trinajstić information content (AvgIpc) is 2.74. The van der Waals surface area contributed by atoms with Crippen LogP contribution in [0.3, 0.4) is 0 Å². The smallest absolute Gasteiger partial charge is 0.271 e. The summed E-state index contributed by atoms with van der Waals surface area (Å²) in [5.74, 6) is 0.479. The van der Waals surface area contributed by atoms with Gasteiger partial charge in [0.1, 0.15) is 18.8 Å². The molecule has 1 aliphatic heterocycles. The van der Waals surface area contributed by atoms with E-state index >= 15 is 0 Å².